The van der Waals surface area contributed by atoms with Gasteiger partial charge in [0.1, 0.15) is 11.5 Å². The number of aromatic amines is 1. The summed E-state index contributed by atoms with van der Waals surface area (Å²) < 4.78 is 21.6. The number of carbonyl (C=O) groups excluding carboxylic acids is 3. The normalized spacial score (nSPS) is 12.1. The molecule has 0 saturated heterocycles. The van der Waals surface area contributed by atoms with Gasteiger partial charge in [0.2, 0.25) is 5.91 Å². The van der Waals surface area contributed by atoms with Gasteiger partial charge < -0.3 is 29.4 Å². The minimum atomic E-state index is -1.21. The lowest BCUT2D eigenvalue weighted by molar-refractivity contribution is -0.125. The number of likely N-dealkylation sites (N-methyl/N-ethyl adjacent to an activating group) is 1. The van der Waals surface area contributed by atoms with Crippen molar-refractivity contribution in [2.24, 2.45) is 5.92 Å². The number of allylic oxidation sites excluding steroid dienone is 1. The molecule has 1 atom stereocenters. The molecule has 3 aromatic heterocycles. The van der Waals surface area contributed by atoms with Gasteiger partial charge in [-0.3, -0.25) is 19.4 Å². The monoisotopic (exact) mass is 596 g/mol. The molecule has 232 valence electrons. The summed E-state index contributed by atoms with van der Waals surface area (Å²) in [5.41, 5.74) is 3.52. The van der Waals surface area contributed by atoms with Crippen LogP contribution in [0.1, 0.15) is 49.2 Å². The zero-order valence-corrected chi connectivity index (χ0v) is 26.1. The Balaban J connectivity index is 1.88. The third-order valence-corrected chi connectivity index (χ3v) is 6.99. The lowest BCUT2D eigenvalue weighted by Gasteiger charge is -2.20. The van der Waals surface area contributed by atoms with Gasteiger partial charge in [-0.05, 0) is 62.8 Å². The molecular weight excluding hydrogens is 555 g/mol. The zero-order valence-electron chi connectivity index (χ0n) is 26.1. The van der Waals surface area contributed by atoms with Gasteiger partial charge in [-0.2, -0.15) is 0 Å². The first-order valence-corrected chi connectivity index (χ1v) is 14.1. The van der Waals surface area contributed by atoms with Crippen molar-refractivity contribution in [3.63, 3.8) is 0 Å². The lowest BCUT2D eigenvalue weighted by atomic mass is 10.0. The third-order valence-electron chi connectivity index (χ3n) is 6.99. The fourth-order valence-electron chi connectivity index (χ4n) is 4.48. The first-order valence-electron chi connectivity index (χ1n) is 14.1. The number of hydrogen-bond acceptors (Lipinski definition) is 6. The van der Waals surface area contributed by atoms with E-state index in [-0.39, 0.29) is 42.7 Å². The van der Waals surface area contributed by atoms with Crippen molar-refractivity contribution < 1.29 is 23.5 Å². The average Bonchev–Trinajstić information content (AvgIpc) is 3.25. The van der Waals surface area contributed by atoms with Gasteiger partial charge >= 0.3 is 6.09 Å². The lowest BCUT2D eigenvalue weighted by Crippen LogP contribution is -2.38. The Hall–Kier alpha value is -4.48. The maximum Gasteiger partial charge on any atom is 0.410 e. The summed E-state index contributed by atoms with van der Waals surface area (Å²) in [7, 11) is 6.23. The van der Waals surface area contributed by atoms with E-state index in [0.717, 1.165) is 5.56 Å². The highest BCUT2D eigenvalue weighted by atomic mass is 19.1. The molecule has 0 radical (unpaired) electrons. The number of nitrogens with one attached hydrogen (secondary N) is 2. The highest BCUT2D eigenvalue weighted by Crippen LogP contribution is 2.27. The minimum Gasteiger partial charge on any atom is -0.436 e. The van der Waals surface area contributed by atoms with Crippen LogP contribution in [0.5, 0.6) is 0 Å². The van der Waals surface area contributed by atoms with Crippen molar-refractivity contribution in [3.05, 3.63) is 69.2 Å². The van der Waals surface area contributed by atoms with E-state index >= 15 is 0 Å². The van der Waals surface area contributed by atoms with Crippen molar-refractivity contribution in [3.8, 4) is 0 Å². The predicted octanol–water partition coefficient (Wildman–Crippen LogP) is 4.16. The van der Waals surface area contributed by atoms with Crippen LogP contribution in [0.2, 0.25) is 0 Å². The van der Waals surface area contributed by atoms with Crippen LogP contribution in [0.25, 0.3) is 11.0 Å². The van der Waals surface area contributed by atoms with Crippen LogP contribution in [-0.2, 0) is 27.3 Å². The number of rotatable bonds is 11. The molecular formula is C31H41FN6O5. The highest BCUT2D eigenvalue weighted by Gasteiger charge is 2.25. The van der Waals surface area contributed by atoms with Gasteiger partial charge in [0, 0.05) is 45.1 Å². The Labute approximate surface area is 250 Å². The SMILES string of the molecule is Cc1c(Cn2c(C)ccc(NC(=O)C(CCC=CC(=O)N(C)C)OC(=O)N(C)C)c2=O)[nH]c2c(CC(C)C)c(F)cnc12. The second-order valence-corrected chi connectivity index (χ2v) is 11.4. The zero-order chi connectivity index (χ0) is 32.0. The van der Waals surface area contributed by atoms with E-state index in [0.29, 0.717) is 34.4 Å². The van der Waals surface area contributed by atoms with Crippen LogP contribution in [0.15, 0.2) is 35.3 Å². The van der Waals surface area contributed by atoms with Gasteiger partial charge in [0.25, 0.3) is 11.5 Å². The van der Waals surface area contributed by atoms with Crippen molar-refractivity contribution in [2.45, 2.75) is 59.6 Å². The molecule has 3 heterocycles. The number of pyridine rings is 2. The van der Waals surface area contributed by atoms with E-state index < -0.39 is 23.7 Å². The summed E-state index contributed by atoms with van der Waals surface area (Å²) in [6, 6.07) is 3.20. The molecule has 43 heavy (non-hydrogen) atoms. The number of aromatic nitrogens is 3. The Morgan fingerprint density at radius 2 is 1.84 bits per heavy atom. The fraction of sp³-hybridized carbons (Fsp3) is 0.452. The van der Waals surface area contributed by atoms with E-state index in [1.165, 1.54) is 46.8 Å². The fourth-order valence-corrected chi connectivity index (χ4v) is 4.48. The van der Waals surface area contributed by atoms with Crippen molar-refractivity contribution in [2.75, 3.05) is 33.5 Å². The first-order chi connectivity index (χ1) is 20.2. The van der Waals surface area contributed by atoms with Crippen LogP contribution in [-0.4, -0.2) is 76.5 Å². The van der Waals surface area contributed by atoms with E-state index in [1.807, 2.05) is 20.8 Å². The molecule has 0 aliphatic carbocycles. The van der Waals surface area contributed by atoms with Crippen LogP contribution in [0.4, 0.5) is 14.9 Å². The smallest absolute Gasteiger partial charge is 0.410 e. The molecule has 0 aliphatic rings. The van der Waals surface area contributed by atoms with Crippen molar-refractivity contribution in [1.82, 2.24) is 24.3 Å². The molecule has 0 aromatic carbocycles. The Bertz CT molecular complexity index is 1590. The number of anilines is 1. The van der Waals surface area contributed by atoms with Crippen LogP contribution in [0.3, 0.4) is 0 Å². The molecule has 11 nitrogen and oxygen atoms in total. The maximum absolute atomic E-state index is 14.7. The Kier molecular flexibility index (Phi) is 10.8. The van der Waals surface area contributed by atoms with E-state index in [4.69, 9.17) is 4.74 Å². The molecule has 12 heteroatoms. The third kappa shape index (κ3) is 8.08. The molecule has 0 saturated carbocycles. The Morgan fingerprint density at radius 1 is 1.14 bits per heavy atom. The van der Waals surface area contributed by atoms with E-state index in [2.05, 4.69) is 15.3 Å². The van der Waals surface area contributed by atoms with E-state index in [9.17, 15) is 23.6 Å². The van der Waals surface area contributed by atoms with Gasteiger partial charge in [0.15, 0.2) is 6.10 Å². The highest BCUT2D eigenvalue weighted by molar-refractivity contribution is 5.95. The maximum atomic E-state index is 14.7. The summed E-state index contributed by atoms with van der Waals surface area (Å²) in [5.74, 6) is -1.03. The summed E-state index contributed by atoms with van der Waals surface area (Å²) in [6.45, 7) is 7.81. The molecule has 3 rings (SSSR count). The van der Waals surface area contributed by atoms with Crippen LogP contribution in [0, 0.1) is 25.6 Å². The average molecular weight is 597 g/mol. The number of hydrogen-bond donors (Lipinski definition) is 2. The van der Waals surface area contributed by atoms with Gasteiger partial charge in [-0.15, -0.1) is 0 Å². The largest absolute Gasteiger partial charge is 0.436 e. The number of carbonyl (C=O) groups is 3. The molecule has 1 unspecified atom stereocenters. The summed E-state index contributed by atoms with van der Waals surface area (Å²) >= 11 is 0. The van der Waals surface area contributed by atoms with E-state index in [1.54, 1.807) is 33.2 Å². The topological polar surface area (TPSA) is 130 Å². The standard InChI is InChI=1S/C31H41FN6O5/c1-18(2)15-21-22(32)16-33-27-20(4)24(34-28(21)27)17-38-19(3)13-14-23(30(38)41)35-29(40)25(43-31(42)37(7)8)11-9-10-12-26(39)36(5)6/h10,12-14,16,18,25,34H,9,11,15,17H2,1-8H3,(H,35,40). The van der Waals surface area contributed by atoms with Gasteiger partial charge in [-0.1, -0.05) is 19.9 Å². The number of fused-ring (bicyclic) bond motifs is 1. The first kappa shape index (κ1) is 33.0. The molecule has 0 fully saturated rings. The summed E-state index contributed by atoms with van der Waals surface area (Å²) in [6.07, 6.45) is 3.19. The number of H-pyrrole nitrogens is 1. The number of ether oxygens (including phenoxy) is 1. The number of halogens is 1. The number of aryl methyl sites for hydroxylation is 2. The van der Waals surface area contributed by atoms with Gasteiger partial charge in [-0.25, -0.2) is 9.18 Å². The number of amides is 3. The van der Waals surface area contributed by atoms with Crippen LogP contribution >= 0.6 is 0 Å². The minimum absolute atomic E-state index is 0.0123. The summed E-state index contributed by atoms with van der Waals surface area (Å²) in [4.78, 5) is 61.1. The molecule has 0 aliphatic heterocycles. The second-order valence-electron chi connectivity index (χ2n) is 11.4. The van der Waals surface area contributed by atoms with Crippen LogP contribution < -0.4 is 10.9 Å². The molecule has 2 N–H and O–H groups in total. The Morgan fingerprint density at radius 3 is 2.47 bits per heavy atom. The quantitative estimate of drug-likeness (QED) is 0.320. The molecule has 3 aromatic rings. The summed E-state index contributed by atoms with van der Waals surface area (Å²) in [5, 5.41) is 2.62. The molecule has 0 bridgehead atoms. The second kappa shape index (κ2) is 14.1. The van der Waals surface area contributed by atoms with Crippen molar-refractivity contribution >= 4 is 34.6 Å². The molecule has 0 spiro atoms. The van der Waals surface area contributed by atoms with Gasteiger partial charge in [0.05, 0.1) is 23.8 Å². The molecule has 3 amide bonds. The number of nitrogens with zero attached hydrogens (tertiary/aromatic N) is 4. The predicted molar refractivity (Wildman–Crippen MR) is 164 cm³/mol. The van der Waals surface area contributed by atoms with Crippen molar-refractivity contribution in [1.29, 1.82) is 0 Å².